The summed E-state index contributed by atoms with van der Waals surface area (Å²) in [5, 5.41) is 0. The summed E-state index contributed by atoms with van der Waals surface area (Å²) >= 11 is 0. The van der Waals surface area contributed by atoms with Gasteiger partial charge < -0.3 is 18.9 Å². The van der Waals surface area contributed by atoms with E-state index in [2.05, 4.69) is 0 Å². The summed E-state index contributed by atoms with van der Waals surface area (Å²) in [6.45, 7) is 6.73. The zero-order chi connectivity index (χ0) is 12.0. The molecule has 16 heavy (non-hydrogen) atoms. The number of rotatable bonds is 6. The molecule has 5 heteroatoms. The first-order valence-corrected chi connectivity index (χ1v) is 5.79. The zero-order valence-electron chi connectivity index (χ0n) is 10.2. The first-order valence-electron chi connectivity index (χ1n) is 5.79. The molecular formula is C11H20O5. The average molecular weight is 232 g/mol. The Morgan fingerprint density at radius 2 is 2.06 bits per heavy atom. The fraction of sp³-hybridized carbons (Fsp3) is 0.909. The minimum absolute atomic E-state index is 0.316. The van der Waals surface area contributed by atoms with Crippen LogP contribution in [0.3, 0.4) is 0 Å². The molecular weight excluding hydrogens is 212 g/mol. The van der Waals surface area contributed by atoms with Crippen molar-refractivity contribution in [2.24, 2.45) is 0 Å². The van der Waals surface area contributed by atoms with Crippen LogP contribution in [0.2, 0.25) is 0 Å². The van der Waals surface area contributed by atoms with Crippen molar-refractivity contribution in [2.75, 3.05) is 19.8 Å². The molecule has 5 nitrogen and oxygen atoms in total. The summed E-state index contributed by atoms with van der Waals surface area (Å²) in [5.41, 5.74) is 0. The molecule has 1 fully saturated rings. The van der Waals surface area contributed by atoms with Gasteiger partial charge >= 0.3 is 5.97 Å². The molecule has 94 valence electrons. The molecule has 1 heterocycles. The number of hydrogen-bond donors (Lipinski definition) is 0. The van der Waals surface area contributed by atoms with E-state index in [-0.39, 0.29) is 6.29 Å². The third kappa shape index (κ3) is 2.93. The van der Waals surface area contributed by atoms with Crippen LogP contribution in [-0.4, -0.2) is 37.9 Å². The predicted molar refractivity (Wildman–Crippen MR) is 56.7 cm³/mol. The summed E-state index contributed by atoms with van der Waals surface area (Å²) in [4.78, 5) is 11.8. The van der Waals surface area contributed by atoms with Crippen LogP contribution in [0.1, 0.15) is 33.6 Å². The summed E-state index contributed by atoms with van der Waals surface area (Å²) in [6.07, 6.45) is 0.748. The average Bonchev–Trinajstić information content (AvgIpc) is 2.64. The van der Waals surface area contributed by atoms with E-state index in [1.807, 2.05) is 13.8 Å². The maximum Gasteiger partial charge on any atom is 0.366 e. The minimum atomic E-state index is -1.26. The molecule has 2 unspecified atom stereocenters. The summed E-state index contributed by atoms with van der Waals surface area (Å²) in [7, 11) is 0. The van der Waals surface area contributed by atoms with Gasteiger partial charge in [0.25, 0.3) is 5.79 Å². The van der Waals surface area contributed by atoms with Crippen molar-refractivity contribution in [1.82, 2.24) is 0 Å². The van der Waals surface area contributed by atoms with Crippen molar-refractivity contribution in [3.8, 4) is 0 Å². The molecule has 1 rings (SSSR count). The highest BCUT2D eigenvalue weighted by Crippen LogP contribution is 2.33. The van der Waals surface area contributed by atoms with Gasteiger partial charge in [-0.15, -0.1) is 0 Å². The largest absolute Gasteiger partial charge is 0.462 e. The van der Waals surface area contributed by atoms with Crippen LogP contribution in [-0.2, 0) is 23.7 Å². The van der Waals surface area contributed by atoms with E-state index >= 15 is 0 Å². The van der Waals surface area contributed by atoms with Crippen molar-refractivity contribution in [1.29, 1.82) is 0 Å². The van der Waals surface area contributed by atoms with Gasteiger partial charge in [0.05, 0.1) is 6.61 Å². The summed E-state index contributed by atoms with van der Waals surface area (Å²) < 4.78 is 21.2. The van der Waals surface area contributed by atoms with Crippen LogP contribution in [0, 0.1) is 0 Å². The van der Waals surface area contributed by atoms with Gasteiger partial charge in [-0.3, -0.25) is 0 Å². The highest BCUT2D eigenvalue weighted by atomic mass is 16.8. The zero-order valence-corrected chi connectivity index (χ0v) is 10.2. The van der Waals surface area contributed by atoms with Crippen molar-refractivity contribution in [3.63, 3.8) is 0 Å². The number of carbonyl (C=O) groups excluding carboxylic acids is 1. The number of ether oxygens (including phenoxy) is 4. The first kappa shape index (κ1) is 13.4. The maximum atomic E-state index is 11.8. The van der Waals surface area contributed by atoms with Gasteiger partial charge in [0.15, 0.2) is 6.29 Å². The number of esters is 1. The highest BCUT2D eigenvalue weighted by Gasteiger charge is 2.49. The van der Waals surface area contributed by atoms with Crippen LogP contribution in [0.25, 0.3) is 0 Å². The van der Waals surface area contributed by atoms with Crippen molar-refractivity contribution >= 4 is 5.97 Å². The third-order valence-electron chi connectivity index (χ3n) is 2.35. The number of hydrogen-bond acceptors (Lipinski definition) is 5. The molecule has 1 aliphatic heterocycles. The second-order valence-corrected chi connectivity index (χ2v) is 3.45. The monoisotopic (exact) mass is 232 g/mol. The Morgan fingerprint density at radius 1 is 1.31 bits per heavy atom. The molecule has 0 aromatic rings. The first-order chi connectivity index (χ1) is 7.68. The Kier molecular flexibility index (Phi) is 5.18. The van der Waals surface area contributed by atoms with E-state index in [9.17, 15) is 4.79 Å². The Balaban J connectivity index is 2.64. The fourth-order valence-electron chi connectivity index (χ4n) is 1.73. The summed E-state index contributed by atoms with van der Waals surface area (Å²) in [5.74, 6) is -1.72. The second kappa shape index (κ2) is 6.18. The van der Waals surface area contributed by atoms with E-state index in [0.29, 0.717) is 32.7 Å². The standard InChI is InChI=1S/C11H20O5/c1-4-13-9-7-8-11(16-9,15-6-3)10(12)14-5-2/h9H,4-8H2,1-3H3. The Bertz CT molecular complexity index is 230. The topological polar surface area (TPSA) is 54.0 Å². The molecule has 1 aliphatic rings. The molecule has 0 saturated carbocycles. The van der Waals surface area contributed by atoms with E-state index in [1.54, 1.807) is 6.92 Å². The molecule has 0 aliphatic carbocycles. The van der Waals surface area contributed by atoms with Gasteiger partial charge in [0.2, 0.25) is 0 Å². The van der Waals surface area contributed by atoms with Gasteiger partial charge in [-0.25, -0.2) is 4.79 Å². The fourth-order valence-corrected chi connectivity index (χ4v) is 1.73. The van der Waals surface area contributed by atoms with Crippen LogP contribution < -0.4 is 0 Å². The lowest BCUT2D eigenvalue weighted by molar-refractivity contribution is -0.270. The molecule has 0 N–H and O–H groups in total. The van der Waals surface area contributed by atoms with Gasteiger partial charge in [0, 0.05) is 26.1 Å². The van der Waals surface area contributed by atoms with E-state index in [1.165, 1.54) is 0 Å². The van der Waals surface area contributed by atoms with Crippen molar-refractivity contribution in [2.45, 2.75) is 45.7 Å². The smallest absolute Gasteiger partial charge is 0.366 e. The van der Waals surface area contributed by atoms with Crippen molar-refractivity contribution < 1.29 is 23.7 Å². The molecule has 0 aromatic heterocycles. The van der Waals surface area contributed by atoms with Crippen molar-refractivity contribution in [3.05, 3.63) is 0 Å². The minimum Gasteiger partial charge on any atom is -0.462 e. The Morgan fingerprint density at radius 3 is 2.62 bits per heavy atom. The number of carbonyl (C=O) groups is 1. The third-order valence-corrected chi connectivity index (χ3v) is 2.35. The molecule has 0 spiro atoms. The van der Waals surface area contributed by atoms with E-state index in [4.69, 9.17) is 18.9 Å². The van der Waals surface area contributed by atoms with Crippen LogP contribution in [0.5, 0.6) is 0 Å². The van der Waals surface area contributed by atoms with Gasteiger partial charge in [-0.05, 0) is 20.8 Å². The SMILES string of the molecule is CCOC(=O)C1(OCC)CCC(OCC)O1. The molecule has 2 atom stereocenters. The normalized spacial score (nSPS) is 29.3. The second-order valence-electron chi connectivity index (χ2n) is 3.45. The van der Waals surface area contributed by atoms with Crippen LogP contribution in [0.15, 0.2) is 0 Å². The van der Waals surface area contributed by atoms with Gasteiger partial charge in [0.1, 0.15) is 0 Å². The molecule has 0 aromatic carbocycles. The van der Waals surface area contributed by atoms with E-state index in [0.717, 1.165) is 0 Å². The predicted octanol–water partition coefficient (Wildman–Crippen LogP) is 1.46. The van der Waals surface area contributed by atoms with Crippen LogP contribution in [0.4, 0.5) is 0 Å². The molecule has 0 radical (unpaired) electrons. The Labute approximate surface area is 96.0 Å². The van der Waals surface area contributed by atoms with Gasteiger partial charge in [-0.2, -0.15) is 0 Å². The molecule has 0 amide bonds. The van der Waals surface area contributed by atoms with E-state index < -0.39 is 11.8 Å². The lowest BCUT2D eigenvalue weighted by Crippen LogP contribution is -2.43. The summed E-state index contributed by atoms with van der Waals surface area (Å²) in [6, 6.07) is 0. The van der Waals surface area contributed by atoms with Gasteiger partial charge in [-0.1, -0.05) is 0 Å². The quantitative estimate of drug-likeness (QED) is 0.649. The molecule has 0 bridgehead atoms. The maximum absolute atomic E-state index is 11.8. The highest BCUT2D eigenvalue weighted by molar-refractivity contribution is 5.78. The lowest BCUT2D eigenvalue weighted by atomic mass is 10.2. The molecule has 1 saturated heterocycles. The lowest BCUT2D eigenvalue weighted by Gasteiger charge is -2.26. The Hall–Kier alpha value is -0.650. The van der Waals surface area contributed by atoms with Crippen LogP contribution >= 0.6 is 0 Å².